The van der Waals surface area contributed by atoms with E-state index >= 15 is 0 Å². The van der Waals surface area contributed by atoms with Crippen molar-refractivity contribution in [1.29, 1.82) is 0 Å². The number of rotatable bonds is 3. The first kappa shape index (κ1) is 12.3. The Kier molecular flexibility index (Phi) is 3.93. The van der Waals surface area contributed by atoms with Crippen molar-refractivity contribution >= 4 is 11.6 Å². The maximum Gasteiger partial charge on any atom is 0.162 e. The van der Waals surface area contributed by atoms with Crippen LogP contribution in [0, 0.1) is 25.2 Å². The van der Waals surface area contributed by atoms with E-state index in [-0.39, 0.29) is 6.10 Å². The van der Waals surface area contributed by atoms with Gasteiger partial charge < -0.3 is 10.1 Å². The summed E-state index contributed by atoms with van der Waals surface area (Å²) in [6, 6.07) is 5.59. The molecule has 1 aromatic carbocycles. The Hall–Kier alpha value is -1.17. The number of aryl methyl sites for hydroxylation is 1. The largest absolute Gasteiger partial charge is 0.477 e. The number of halogens is 1. The van der Waals surface area contributed by atoms with Gasteiger partial charge in [-0.3, -0.25) is 0 Å². The van der Waals surface area contributed by atoms with E-state index in [1.165, 1.54) is 0 Å². The lowest BCUT2D eigenvalue weighted by atomic mass is 10.0. The van der Waals surface area contributed by atoms with Gasteiger partial charge >= 0.3 is 0 Å². The topological polar surface area (TPSA) is 21.3 Å². The molecule has 17 heavy (non-hydrogen) atoms. The van der Waals surface area contributed by atoms with E-state index in [0.29, 0.717) is 5.92 Å². The standard InChI is InChI=1S/C14H16ClNO/c1-3-13(11-6-7-16-9-11)17-14-5-4-12(15)8-10(14)2/h1,4-5,8,11,13,16H,6-7,9H2,2H3/t11?,13-/m1/s1. The quantitative estimate of drug-likeness (QED) is 0.832. The third-order valence-corrected chi connectivity index (χ3v) is 3.32. The van der Waals surface area contributed by atoms with Crippen LogP contribution in [0.4, 0.5) is 0 Å². The average Bonchev–Trinajstić information content (AvgIpc) is 2.81. The molecule has 1 unspecified atom stereocenters. The fourth-order valence-electron chi connectivity index (χ4n) is 2.08. The van der Waals surface area contributed by atoms with Gasteiger partial charge in [-0.2, -0.15) is 0 Å². The SMILES string of the molecule is C#C[C@@H](Oc1ccc(Cl)cc1C)C1CCNC1. The lowest BCUT2D eigenvalue weighted by Crippen LogP contribution is -2.27. The fraction of sp³-hybridized carbons (Fsp3) is 0.429. The Morgan fingerprint density at radius 2 is 2.41 bits per heavy atom. The molecule has 2 nitrogen and oxygen atoms in total. The molecule has 0 aliphatic carbocycles. The van der Waals surface area contributed by atoms with E-state index in [2.05, 4.69) is 11.2 Å². The van der Waals surface area contributed by atoms with E-state index in [0.717, 1.165) is 35.8 Å². The molecule has 0 aromatic heterocycles. The molecule has 2 atom stereocenters. The van der Waals surface area contributed by atoms with Gasteiger partial charge in [0, 0.05) is 17.5 Å². The van der Waals surface area contributed by atoms with Crippen molar-refractivity contribution in [1.82, 2.24) is 5.32 Å². The maximum atomic E-state index is 5.91. The molecular weight excluding hydrogens is 234 g/mol. The third-order valence-electron chi connectivity index (χ3n) is 3.08. The van der Waals surface area contributed by atoms with Crippen LogP contribution in [-0.2, 0) is 0 Å². The van der Waals surface area contributed by atoms with E-state index in [4.69, 9.17) is 22.8 Å². The van der Waals surface area contributed by atoms with Gasteiger partial charge in [-0.15, -0.1) is 6.42 Å². The predicted molar refractivity (Wildman–Crippen MR) is 70.4 cm³/mol. The normalized spacial score (nSPS) is 20.9. The Balaban J connectivity index is 2.10. The Labute approximate surface area is 107 Å². The minimum atomic E-state index is -0.162. The molecule has 1 heterocycles. The number of hydrogen-bond acceptors (Lipinski definition) is 2. The van der Waals surface area contributed by atoms with Gasteiger partial charge in [0.1, 0.15) is 5.75 Å². The van der Waals surface area contributed by atoms with Crippen LogP contribution in [0.5, 0.6) is 5.75 Å². The van der Waals surface area contributed by atoms with Gasteiger partial charge in [-0.05, 0) is 43.7 Å². The second-order valence-electron chi connectivity index (χ2n) is 4.37. The third kappa shape index (κ3) is 2.94. The molecule has 0 saturated carbocycles. The summed E-state index contributed by atoms with van der Waals surface area (Å²) in [5.74, 6) is 3.96. The molecule has 3 heteroatoms. The van der Waals surface area contributed by atoms with Crippen molar-refractivity contribution in [3.05, 3.63) is 28.8 Å². The summed E-state index contributed by atoms with van der Waals surface area (Å²) >= 11 is 5.91. The summed E-state index contributed by atoms with van der Waals surface area (Å²) in [7, 11) is 0. The van der Waals surface area contributed by atoms with Crippen LogP contribution in [0.1, 0.15) is 12.0 Å². The number of hydrogen-bond donors (Lipinski definition) is 1. The zero-order chi connectivity index (χ0) is 12.3. The molecule has 2 rings (SSSR count). The minimum Gasteiger partial charge on any atom is -0.477 e. The number of ether oxygens (including phenoxy) is 1. The van der Waals surface area contributed by atoms with E-state index in [9.17, 15) is 0 Å². The molecule has 90 valence electrons. The summed E-state index contributed by atoms with van der Waals surface area (Å²) in [4.78, 5) is 0. The van der Waals surface area contributed by atoms with Crippen LogP contribution >= 0.6 is 11.6 Å². The Bertz CT molecular complexity index is 432. The van der Waals surface area contributed by atoms with Crippen LogP contribution in [0.2, 0.25) is 5.02 Å². The highest BCUT2D eigenvalue weighted by atomic mass is 35.5. The summed E-state index contributed by atoms with van der Waals surface area (Å²) in [5.41, 5.74) is 1.02. The van der Waals surface area contributed by atoms with Crippen molar-refractivity contribution in [3.8, 4) is 18.1 Å². The first-order valence-electron chi connectivity index (χ1n) is 5.80. The lowest BCUT2D eigenvalue weighted by Gasteiger charge is -2.20. The molecule has 0 spiro atoms. The van der Waals surface area contributed by atoms with Crippen molar-refractivity contribution < 1.29 is 4.74 Å². The average molecular weight is 250 g/mol. The molecular formula is C14H16ClNO. The van der Waals surface area contributed by atoms with Crippen LogP contribution in [0.25, 0.3) is 0 Å². The van der Waals surface area contributed by atoms with E-state index in [1.807, 2.05) is 25.1 Å². The minimum absolute atomic E-state index is 0.162. The highest BCUT2D eigenvalue weighted by Gasteiger charge is 2.25. The second-order valence-corrected chi connectivity index (χ2v) is 4.80. The summed E-state index contributed by atoms with van der Waals surface area (Å²) < 4.78 is 5.90. The predicted octanol–water partition coefficient (Wildman–Crippen LogP) is 2.64. The first-order valence-corrected chi connectivity index (χ1v) is 6.18. The molecule has 1 aliphatic heterocycles. The molecule has 1 aliphatic rings. The van der Waals surface area contributed by atoms with Crippen LogP contribution in [0.15, 0.2) is 18.2 Å². The van der Waals surface area contributed by atoms with Crippen LogP contribution in [0.3, 0.4) is 0 Å². The van der Waals surface area contributed by atoms with Crippen molar-refractivity contribution in [2.45, 2.75) is 19.4 Å². The van der Waals surface area contributed by atoms with E-state index < -0.39 is 0 Å². The Morgan fingerprint density at radius 1 is 1.59 bits per heavy atom. The van der Waals surface area contributed by atoms with Crippen molar-refractivity contribution in [2.75, 3.05) is 13.1 Å². The second kappa shape index (κ2) is 5.44. The van der Waals surface area contributed by atoms with Gasteiger partial charge in [0.15, 0.2) is 6.10 Å². The lowest BCUT2D eigenvalue weighted by molar-refractivity contribution is 0.195. The van der Waals surface area contributed by atoms with Crippen molar-refractivity contribution in [2.24, 2.45) is 5.92 Å². The molecule has 1 aromatic rings. The van der Waals surface area contributed by atoms with Crippen molar-refractivity contribution in [3.63, 3.8) is 0 Å². The maximum absolute atomic E-state index is 5.91. The summed E-state index contributed by atoms with van der Waals surface area (Å²) in [5, 5.41) is 4.02. The highest BCUT2D eigenvalue weighted by Crippen LogP contribution is 2.25. The van der Waals surface area contributed by atoms with Gasteiger partial charge in [-0.1, -0.05) is 17.5 Å². The van der Waals surface area contributed by atoms with Crippen LogP contribution in [-0.4, -0.2) is 19.2 Å². The molecule has 1 fully saturated rings. The number of benzene rings is 1. The molecule has 0 bridgehead atoms. The summed E-state index contributed by atoms with van der Waals surface area (Å²) in [6.07, 6.45) is 6.46. The Morgan fingerprint density at radius 3 is 3.00 bits per heavy atom. The smallest absolute Gasteiger partial charge is 0.162 e. The van der Waals surface area contributed by atoms with Gasteiger partial charge in [0.2, 0.25) is 0 Å². The monoisotopic (exact) mass is 249 g/mol. The van der Waals surface area contributed by atoms with Gasteiger partial charge in [0.25, 0.3) is 0 Å². The molecule has 0 radical (unpaired) electrons. The zero-order valence-electron chi connectivity index (χ0n) is 9.87. The van der Waals surface area contributed by atoms with Gasteiger partial charge in [0.05, 0.1) is 0 Å². The molecule has 1 N–H and O–H groups in total. The van der Waals surface area contributed by atoms with Crippen LogP contribution < -0.4 is 10.1 Å². The first-order chi connectivity index (χ1) is 8.20. The molecule has 0 amide bonds. The van der Waals surface area contributed by atoms with Gasteiger partial charge in [-0.25, -0.2) is 0 Å². The molecule has 1 saturated heterocycles. The number of nitrogens with one attached hydrogen (secondary N) is 1. The summed E-state index contributed by atoms with van der Waals surface area (Å²) in [6.45, 7) is 3.93. The van der Waals surface area contributed by atoms with E-state index in [1.54, 1.807) is 0 Å². The zero-order valence-corrected chi connectivity index (χ0v) is 10.6. The fourth-order valence-corrected chi connectivity index (χ4v) is 2.31. The highest BCUT2D eigenvalue weighted by molar-refractivity contribution is 6.30. The number of terminal acetylenes is 1.